The van der Waals surface area contributed by atoms with Gasteiger partial charge in [-0.3, -0.25) is 4.90 Å². The van der Waals surface area contributed by atoms with Crippen LogP contribution in [-0.4, -0.2) is 64.4 Å². The minimum absolute atomic E-state index is 0.258. The number of carboxylic acids is 1. The predicted octanol–water partition coefficient (Wildman–Crippen LogP) is 0.673. The third-order valence-corrected chi connectivity index (χ3v) is 3.30. The second-order valence-electron chi connectivity index (χ2n) is 5.78. The minimum Gasteiger partial charge on any atom is -0.478 e. The molecule has 6 nitrogen and oxygen atoms in total. The number of β-amino-alcohol motifs (C(OH)–C–C–N with tert-alkyl or cyclic N) is 1. The van der Waals surface area contributed by atoms with Crippen LogP contribution >= 0.6 is 0 Å². The fraction of sp³-hybridized carbons (Fsp3) is 0.571. The highest BCUT2D eigenvalue weighted by Gasteiger charge is 2.23. The first kappa shape index (κ1) is 14.7. The Morgan fingerprint density at radius 3 is 2.55 bits per heavy atom. The molecule has 0 aliphatic carbocycles. The number of pyridine rings is 1. The first-order chi connectivity index (χ1) is 9.35. The zero-order valence-corrected chi connectivity index (χ0v) is 11.9. The highest BCUT2D eigenvalue weighted by molar-refractivity contribution is 5.88. The highest BCUT2D eigenvalue weighted by Crippen LogP contribution is 2.16. The van der Waals surface area contributed by atoms with E-state index in [0.717, 1.165) is 26.2 Å². The Morgan fingerprint density at radius 1 is 1.35 bits per heavy atom. The molecular weight excluding hydrogens is 258 g/mol. The summed E-state index contributed by atoms with van der Waals surface area (Å²) in [5.74, 6) is -0.234. The van der Waals surface area contributed by atoms with Crippen molar-refractivity contribution in [2.24, 2.45) is 0 Å². The summed E-state index contributed by atoms with van der Waals surface area (Å²) in [5.41, 5.74) is -0.433. The molecule has 0 amide bonds. The van der Waals surface area contributed by atoms with Gasteiger partial charge < -0.3 is 15.1 Å². The molecule has 110 valence electrons. The number of piperazine rings is 1. The third kappa shape index (κ3) is 3.91. The fourth-order valence-electron chi connectivity index (χ4n) is 2.41. The summed E-state index contributed by atoms with van der Waals surface area (Å²) in [5, 5.41) is 18.8. The average Bonchev–Trinajstić information content (AvgIpc) is 2.38. The summed E-state index contributed by atoms with van der Waals surface area (Å²) in [4.78, 5) is 19.5. The van der Waals surface area contributed by atoms with E-state index in [9.17, 15) is 9.90 Å². The van der Waals surface area contributed by atoms with Crippen molar-refractivity contribution in [1.82, 2.24) is 9.88 Å². The molecule has 1 saturated heterocycles. The van der Waals surface area contributed by atoms with Gasteiger partial charge in [-0.2, -0.15) is 0 Å². The molecule has 0 bridgehead atoms. The molecule has 2 heterocycles. The van der Waals surface area contributed by atoms with Crippen molar-refractivity contribution < 1.29 is 15.0 Å². The third-order valence-electron chi connectivity index (χ3n) is 3.30. The molecule has 6 heteroatoms. The maximum absolute atomic E-state index is 11.0. The van der Waals surface area contributed by atoms with E-state index >= 15 is 0 Å². The van der Waals surface area contributed by atoms with Crippen molar-refractivity contribution in [2.45, 2.75) is 19.4 Å². The molecule has 1 aromatic rings. The number of aliphatic hydroxyl groups is 1. The van der Waals surface area contributed by atoms with Gasteiger partial charge in [0, 0.05) is 38.9 Å². The summed E-state index contributed by atoms with van der Waals surface area (Å²) >= 11 is 0. The van der Waals surface area contributed by atoms with E-state index in [1.807, 2.05) is 0 Å². The topological polar surface area (TPSA) is 76.9 Å². The Hall–Kier alpha value is -1.66. The van der Waals surface area contributed by atoms with E-state index in [1.165, 1.54) is 12.3 Å². The van der Waals surface area contributed by atoms with E-state index in [2.05, 4.69) is 14.8 Å². The molecule has 2 rings (SSSR count). The minimum atomic E-state index is -0.936. The van der Waals surface area contributed by atoms with E-state index in [4.69, 9.17) is 5.11 Å². The smallest absolute Gasteiger partial charge is 0.335 e. The normalized spacial score (nSPS) is 17.2. The number of anilines is 1. The Bertz CT molecular complexity index is 477. The van der Waals surface area contributed by atoms with Crippen molar-refractivity contribution in [3.05, 3.63) is 23.9 Å². The molecule has 0 radical (unpaired) electrons. The Kier molecular flexibility index (Phi) is 4.25. The van der Waals surface area contributed by atoms with Crippen LogP contribution in [0.2, 0.25) is 0 Å². The van der Waals surface area contributed by atoms with Crippen LogP contribution in [0.4, 0.5) is 5.82 Å². The lowest BCUT2D eigenvalue weighted by Gasteiger charge is -2.37. The first-order valence-corrected chi connectivity index (χ1v) is 6.74. The van der Waals surface area contributed by atoms with Crippen LogP contribution in [0, 0.1) is 0 Å². The molecule has 0 saturated carbocycles. The average molecular weight is 279 g/mol. The van der Waals surface area contributed by atoms with Crippen LogP contribution in [0.15, 0.2) is 18.3 Å². The van der Waals surface area contributed by atoms with Gasteiger partial charge in [-0.25, -0.2) is 9.78 Å². The van der Waals surface area contributed by atoms with Crippen molar-refractivity contribution in [3.8, 4) is 0 Å². The van der Waals surface area contributed by atoms with Crippen LogP contribution in [0.5, 0.6) is 0 Å². The summed E-state index contributed by atoms with van der Waals surface area (Å²) in [6.45, 7) is 7.49. The number of hydrogen-bond acceptors (Lipinski definition) is 5. The molecule has 1 aromatic heterocycles. The van der Waals surface area contributed by atoms with Crippen LogP contribution < -0.4 is 4.90 Å². The monoisotopic (exact) mass is 279 g/mol. The lowest BCUT2D eigenvalue weighted by Crippen LogP contribution is -2.50. The standard InChI is InChI=1S/C14H21N3O3/c1-14(2,20)10-16-5-7-17(8-6-16)12-9-11(13(18)19)3-4-15-12/h3-4,9,20H,5-8,10H2,1-2H3,(H,18,19). The molecule has 0 unspecified atom stereocenters. The van der Waals surface area contributed by atoms with Crippen molar-refractivity contribution in [2.75, 3.05) is 37.6 Å². The second-order valence-corrected chi connectivity index (χ2v) is 5.78. The number of aromatic carboxylic acids is 1. The zero-order valence-electron chi connectivity index (χ0n) is 11.9. The van der Waals surface area contributed by atoms with Gasteiger partial charge in [0.2, 0.25) is 0 Å². The summed E-state index contributed by atoms with van der Waals surface area (Å²) in [7, 11) is 0. The van der Waals surface area contributed by atoms with Gasteiger partial charge in [-0.15, -0.1) is 0 Å². The van der Waals surface area contributed by atoms with Crippen LogP contribution in [0.1, 0.15) is 24.2 Å². The summed E-state index contributed by atoms with van der Waals surface area (Å²) < 4.78 is 0. The number of carbonyl (C=O) groups is 1. The molecule has 2 N–H and O–H groups in total. The largest absolute Gasteiger partial charge is 0.478 e. The lowest BCUT2D eigenvalue weighted by molar-refractivity contribution is 0.0344. The van der Waals surface area contributed by atoms with Gasteiger partial charge in [-0.1, -0.05) is 0 Å². The summed E-state index contributed by atoms with van der Waals surface area (Å²) in [6, 6.07) is 3.10. The SMILES string of the molecule is CC(C)(O)CN1CCN(c2cc(C(=O)O)ccn2)CC1. The fourth-order valence-corrected chi connectivity index (χ4v) is 2.41. The van der Waals surface area contributed by atoms with Crippen LogP contribution in [-0.2, 0) is 0 Å². The molecule has 0 atom stereocenters. The summed E-state index contributed by atoms with van der Waals surface area (Å²) in [6.07, 6.45) is 1.53. The zero-order chi connectivity index (χ0) is 14.8. The number of hydrogen-bond donors (Lipinski definition) is 2. The van der Waals surface area contributed by atoms with E-state index in [0.29, 0.717) is 12.4 Å². The predicted molar refractivity (Wildman–Crippen MR) is 76.1 cm³/mol. The van der Waals surface area contributed by atoms with Crippen molar-refractivity contribution in [3.63, 3.8) is 0 Å². The van der Waals surface area contributed by atoms with Crippen molar-refractivity contribution >= 4 is 11.8 Å². The first-order valence-electron chi connectivity index (χ1n) is 6.74. The molecule has 0 spiro atoms. The van der Waals surface area contributed by atoms with Crippen LogP contribution in [0.25, 0.3) is 0 Å². The Labute approximate surface area is 118 Å². The molecular formula is C14H21N3O3. The van der Waals surface area contributed by atoms with Gasteiger partial charge >= 0.3 is 5.97 Å². The van der Waals surface area contributed by atoms with Gasteiger partial charge in [0.25, 0.3) is 0 Å². The molecule has 1 aliphatic heterocycles. The van der Waals surface area contributed by atoms with E-state index in [1.54, 1.807) is 19.9 Å². The Morgan fingerprint density at radius 2 is 2.00 bits per heavy atom. The molecule has 1 aliphatic rings. The number of nitrogens with zero attached hydrogens (tertiary/aromatic N) is 3. The van der Waals surface area contributed by atoms with E-state index < -0.39 is 11.6 Å². The number of rotatable bonds is 4. The number of carboxylic acid groups (broad SMARTS) is 1. The van der Waals surface area contributed by atoms with Gasteiger partial charge in [0.15, 0.2) is 0 Å². The lowest BCUT2D eigenvalue weighted by atomic mass is 10.1. The van der Waals surface area contributed by atoms with Gasteiger partial charge in [-0.05, 0) is 26.0 Å². The van der Waals surface area contributed by atoms with Gasteiger partial charge in [0.05, 0.1) is 11.2 Å². The molecule has 0 aromatic carbocycles. The van der Waals surface area contributed by atoms with E-state index in [-0.39, 0.29) is 5.56 Å². The highest BCUT2D eigenvalue weighted by atomic mass is 16.4. The maximum Gasteiger partial charge on any atom is 0.335 e. The molecule has 20 heavy (non-hydrogen) atoms. The Balaban J connectivity index is 1.97. The maximum atomic E-state index is 11.0. The quantitative estimate of drug-likeness (QED) is 0.843. The number of aromatic nitrogens is 1. The molecule has 1 fully saturated rings. The van der Waals surface area contributed by atoms with Crippen molar-refractivity contribution in [1.29, 1.82) is 0 Å². The van der Waals surface area contributed by atoms with Gasteiger partial charge in [0.1, 0.15) is 5.82 Å². The van der Waals surface area contributed by atoms with Crippen LogP contribution in [0.3, 0.4) is 0 Å². The second kappa shape index (κ2) is 5.76.